The third kappa shape index (κ3) is 2.05. The van der Waals surface area contributed by atoms with Crippen molar-refractivity contribution in [1.82, 2.24) is 0 Å². The van der Waals surface area contributed by atoms with Gasteiger partial charge in [0.1, 0.15) is 5.75 Å². The second-order valence-corrected chi connectivity index (χ2v) is 3.02. The number of hydrogen-bond donors (Lipinski definition) is 1. The molecule has 0 radical (unpaired) electrons. The molecule has 0 atom stereocenters. The van der Waals surface area contributed by atoms with Crippen molar-refractivity contribution >= 4 is 11.4 Å². The Balaban J connectivity index is 3.03. The van der Waals surface area contributed by atoms with Crippen LogP contribution in [-0.2, 0) is 0 Å². The smallest absolute Gasteiger partial charge is 0.144 e. The Morgan fingerprint density at radius 1 is 1.38 bits per heavy atom. The van der Waals surface area contributed by atoms with Gasteiger partial charge in [0.25, 0.3) is 0 Å². The normalized spacial score (nSPS) is 9.77. The Labute approximate surface area is 79.1 Å². The molecular formula is C10H16N2O. The Morgan fingerprint density at radius 3 is 2.62 bits per heavy atom. The zero-order valence-electron chi connectivity index (χ0n) is 8.37. The summed E-state index contributed by atoms with van der Waals surface area (Å²) in [6, 6.07) is 5.79. The molecule has 1 aromatic carbocycles. The molecule has 0 bridgehead atoms. The van der Waals surface area contributed by atoms with Crippen molar-refractivity contribution in [1.29, 1.82) is 0 Å². The van der Waals surface area contributed by atoms with Crippen LogP contribution in [0.25, 0.3) is 0 Å². The van der Waals surface area contributed by atoms with Crippen molar-refractivity contribution in [2.75, 3.05) is 31.3 Å². The minimum atomic E-state index is 0.640. The maximum Gasteiger partial charge on any atom is 0.144 e. The summed E-state index contributed by atoms with van der Waals surface area (Å²) in [7, 11) is 3.92. The molecule has 0 aromatic heterocycles. The molecule has 72 valence electrons. The summed E-state index contributed by atoms with van der Waals surface area (Å²) in [6.07, 6.45) is 0. The van der Waals surface area contributed by atoms with E-state index in [2.05, 4.69) is 0 Å². The second-order valence-electron chi connectivity index (χ2n) is 3.02. The molecular weight excluding hydrogens is 164 g/mol. The van der Waals surface area contributed by atoms with Crippen molar-refractivity contribution in [3.63, 3.8) is 0 Å². The van der Waals surface area contributed by atoms with Crippen molar-refractivity contribution in [3.05, 3.63) is 18.2 Å². The lowest BCUT2D eigenvalue weighted by molar-refractivity contribution is 0.342. The molecule has 0 heterocycles. The standard InChI is InChI=1S/C10H16N2O/c1-4-13-9-7-5-6-8(10(9)11)12(2)3/h5-7H,4,11H2,1-3H3. The molecule has 0 spiro atoms. The van der Waals surface area contributed by atoms with Gasteiger partial charge < -0.3 is 15.4 Å². The molecule has 13 heavy (non-hydrogen) atoms. The lowest BCUT2D eigenvalue weighted by Gasteiger charge is -2.17. The summed E-state index contributed by atoms with van der Waals surface area (Å²) in [4.78, 5) is 1.97. The first-order valence-corrected chi connectivity index (χ1v) is 4.35. The van der Waals surface area contributed by atoms with Crippen LogP contribution >= 0.6 is 0 Å². The monoisotopic (exact) mass is 180 g/mol. The Hall–Kier alpha value is -1.38. The number of rotatable bonds is 3. The van der Waals surface area contributed by atoms with Crippen molar-refractivity contribution in [3.8, 4) is 5.75 Å². The van der Waals surface area contributed by atoms with Gasteiger partial charge in [0.15, 0.2) is 0 Å². The van der Waals surface area contributed by atoms with Crippen LogP contribution in [0.15, 0.2) is 18.2 Å². The predicted molar refractivity (Wildman–Crippen MR) is 56.4 cm³/mol. The van der Waals surface area contributed by atoms with E-state index < -0.39 is 0 Å². The maximum absolute atomic E-state index is 5.90. The highest BCUT2D eigenvalue weighted by molar-refractivity contribution is 5.73. The summed E-state index contributed by atoms with van der Waals surface area (Å²) in [5.74, 6) is 0.758. The largest absolute Gasteiger partial charge is 0.492 e. The molecule has 0 saturated heterocycles. The van der Waals surface area contributed by atoms with E-state index in [-0.39, 0.29) is 0 Å². The van der Waals surface area contributed by atoms with Gasteiger partial charge in [0.05, 0.1) is 18.0 Å². The Morgan fingerprint density at radius 2 is 2.08 bits per heavy atom. The van der Waals surface area contributed by atoms with Gasteiger partial charge in [-0.05, 0) is 19.1 Å². The molecule has 0 aliphatic heterocycles. The molecule has 1 rings (SSSR count). The van der Waals surface area contributed by atoms with Crippen LogP contribution in [0.2, 0.25) is 0 Å². The third-order valence-electron chi connectivity index (χ3n) is 1.82. The summed E-state index contributed by atoms with van der Waals surface area (Å²) in [5, 5.41) is 0. The van der Waals surface area contributed by atoms with E-state index in [0.29, 0.717) is 12.3 Å². The number of anilines is 2. The summed E-state index contributed by atoms with van der Waals surface area (Å²) >= 11 is 0. The molecule has 2 N–H and O–H groups in total. The van der Waals surface area contributed by atoms with E-state index in [1.807, 2.05) is 44.1 Å². The summed E-state index contributed by atoms with van der Waals surface area (Å²) < 4.78 is 5.38. The van der Waals surface area contributed by atoms with Crippen LogP contribution in [0, 0.1) is 0 Å². The average Bonchev–Trinajstić information content (AvgIpc) is 2.08. The lowest BCUT2D eigenvalue weighted by atomic mass is 10.2. The number of benzene rings is 1. The first-order chi connectivity index (χ1) is 6.16. The van der Waals surface area contributed by atoms with E-state index in [1.54, 1.807) is 0 Å². The fraction of sp³-hybridized carbons (Fsp3) is 0.400. The highest BCUT2D eigenvalue weighted by atomic mass is 16.5. The zero-order chi connectivity index (χ0) is 9.84. The molecule has 0 amide bonds. The van der Waals surface area contributed by atoms with Crippen molar-refractivity contribution in [2.45, 2.75) is 6.92 Å². The first-order valence-electron chi connectivity index (χ1n) is 4.35. The molecule has 3 heteroatoms. The van der Waals surface area contributed by atoms with Crippen LogP contribution in [0.4, 0.5) is 11.4 Å². The summed E-state index contributed by atoms with van der Waals surface area (Å²) in [5.41, 5.74) is 7.60. The minimum Gasteiger partial charge on any atom is -0.492 e. The van der Waals surface area contributed by atoms with Gasteiger partial charge in [-0.1, -0.05) is 6.07 Å². The number of nitrogens with two attached hydrogens (primary N) is 1. The topological polar surface area (TPSA) is 38.5 Å². The van der Waals surface area contributed by atoms with Gasteiger partial charge in [-0.25, -0.2) is 0 Å². The van der Waals surface area contributed by atoms with Gasteiger partial charge in [0, 0.05) is 14.1 Å². The van der Waals surface area contributed by atoms with Crippen LogP contribution in [0.5, 0.6) is 5.75 Å². The minimum absolute atomic E-state index is 0.640. The van der Waals surface area contributed by atoms with Crippen molar-refractivity contribution in [2.24, 2.45) is 0 Å². The fourth-order valence-electron chi connectivity index (χ4n) is 1.20. The number of nitrogen functional groups attached to an aromatic ring is 1. The van der Waals surface area contributed by atoms with Crippen LogP contribution in [-0.4, -0.2) is 20.7 Å². The molecule has 0 saturated carbocycles. The predicted octanol–water partition coefficient (Wildman–Crippen LogP) is 1.73. The van der Waals surface area contributed by atoms with Crippen LogP contribution in [0.3, 0.4) is 0 Å². The quantitative estimate of drug-likeness (QED) is 0.720. The molecule has 0 aliphatic rings. The van der Waals surface area contributed by atoms with E-state index >= 15 is 0 Å². The summed E-state index contributed by atoms with van der Waals surface area (Å²) in [6.45, 7) is 2.59. The third-order valence-corrected chi connectivity index (χ3v) is 1.82. The number of hydrogen-bond acceptors (Lipinski definition) is 3. The first kappa shape index (κ1) is 9.71. The van der Waals surface area contributed by atoms with E-state index in [0.717, 1.165) is 11.4 Å². The van der Waals surface area contributed by atoms with Gasteiger partial charge in [-0.15, -0.1) is 0 Å². The lowest BCUT2D eigenvalue weighted by Crippen LogP contribution is -2.11. The Kier molecular flexibility index (Phi) is 3.01. The zero-order valence-corrected chi connectivity index (χ0v) is 8.37. The van der Waals surface area contributed by atoms with Crippen LogP contribution in [0.1, 0.15) is 6.92 Å². The highest BCUT2D eigenvalue weighted by Crippen LogP contribution is 2.30. The maximum atomic E-state index is 5.90. The fourth-order valence-corrected chi connectivity index (χ4v) is 1.20. The average molecular weight is 180 g/mol. The van der Waals surface area contributed by atoms with Gasteiger partial charge in [-0.2, -0.15) is 0 Å². The van der Waals surface area contributed by atoms with E-state index in [9.17, 15) is 0 Å². The molecule has 1 aromatic rings. The number of ether oxygens (including phenoxy) is 1. The molecule has 0 unspecified atom stereocenters. The molecule has 0 fully saturated rings. The van der Waals surface area contributed by atoms with Gasteiger partial charge >= 0.3 is 0 Å². The number of nitrogens with zero attached hydrogens (tertiary/aromatic N) is 1. The number of para-hydroxylation sites is 1. The molecule has 0 aliphatic carbocycles. The van der Waals surface area contributed by atoms with Gasteiger partial charge in [0.2, 0.25) is 0 Å². The Bertz CT molecular complexity index is 284. The molecule has 3 nitrogen and oxygen atoms in total. The van der Waals surface area contributed by atoms with Gasteiger partial charge in [-0.3, -0.25) is 0 Å². The van der Waals surface area contributed by atoms with Crippen molar-refractivity contribution < 1.29 is 4.74 Å². The SMILES string of the molecule is CCOc1cccc(N(C)C)c1N. The highest BCUT2D eigenvalue weighted by Gasteiger charge is 2.05. The second kappa shape index (κ2) is 4.03. The van der Waals surface area contributed by atoms with E-state index in [4.69, 9.17) is 10.5 Å². The van der Waals surface area contributed by atoms with Crippen LogP contribution < -0.4 is 15.4 Å². The van der Waals surface area contributed by atoms with E-state index in [1.165, 1.54) is 0 Å².